The number of aliphatic hydroxyl groups is 1. The third kappa shape index (κ3) is 2.99. The fraction of sp³-hybridized carbons (Fsp3) is 0.848. The largest absolute Gasteiger partial charge is 0.481 e. The molecule has 0 radical (unpaired) electrons. The summed E-state index contributed by atoms with van der Waals surface area (Å²) < 4.78 is 0. The fourth-order valence-corrected chi connectivity index (χ4v) is 12.1. The van der Waals surface area contributed by atoms with E-state index < -0.39 is 17.0 Å². The highest BCUT2D eigenvalue weighted by atomic mass is 16.4. The van der Waals surface area contributed by atoms with Gasteiger partial charge in [-0.3, -0.25) is 4.79 Å². The molecule has 0 amide bonds. The van der Waals surface area contributed by atoms with E-state index in [2.05, 4.69) is 54.7 Å². The van der Waals surface area contributed by atoms with E-state index in [9.17, 15) is 15.0 Å². The summed E-state index contributed by atoms with van der Waals surface area (Å²) in [6, 6.07) is 0. The molecule has 3 nitrogen and oxygen atoms in total. The van der Waals surface area contributed by atoms with Crippen LogP contribution in [-0.2, 0) is 4.79 Å². The third-order valence-electron chi connectivity index (χ3n) is 14.4. The van der Waals surface area contributed by atoms with Gasteiger partial charge in [0.05, 0.1) is 11.0 Å². The Morgan fingerprint density at radius 2 is 1.58 bits per heavy atom. The van der Waals surface area contributed by atoms with Crippen LogP contribution in [0, 0.1) is 56.7 Å². The molecule has 3 heteroatoms. The van der Waals surface area contributed by atoms with Crippen molar-refractivity contribution < 1.29 is 15.0 Å². The topological polar surface area (TPSA) is 57.5 Å². The Morgan fingerprint density at radius 1 is 0.889 bits per heavy atom. The van der Waals surface area contributed by atoms with Crippen LogP contribution in [0.2, 0.25) is 0 Å². The van der Waals surface area contributed by atoms with Crippen molar-refractivity contribution in [3.8, 4) is 0 Å². The van der Waals surface area contributed by atoms with Crippen molar-refractivity contribution in [1.82, 2.24) is 0 Å². The fourth-order valence-electron chi connectivity index (χ4n) is 12.1. The maximum absolute atomic E-state index is 12.8. The van der Waals surface area contributed by atoms with Gasteiger partial charge in [-0.25, -0.2) is 0 Å². The number of carboxylic acid groups (broad SMARTS) is 1. The number of fused-ring (bicyclic) bond motifs is 7. The Bertz CT molecular complexity index is 966. The molecule has 0 bridgehead atoms. The highest BCUT2D eigenvalue weighted by molar-refractivity contribution is 5.76. The molecule has 5 aliphatic rings. The van der Waals surface area contributed by atoms with Crippen LogP contribution in [-0.4, -0.2) is 21.8 Å². The first kappa shape index (κ1) is 26.5. The molecular formula is C33H52O3. The molecule has 5 aliphatic carbocycles. The van der Waals surface area contributed by atoms with Gasteiger partial charge in [-0.2, -0.15) is 0 Å². The van der Waals surface area contributed by atoms with E-state index in [1.807, 2.05) is 6.08 Å². The second-order valence-corrected chi connectivity index (χ2v) is 15.4. The molecule has 0 aromatic rings. The second kappa shape index (κ2) is 7.96. The van der Waals surface area contributed by atoms with Gasteiger partial charge in [0, 0.05) is 0 Å². The van der Waals surface area contributed by atoms with Crippen LogP contribution in [0.5, 0.6) is 0 Å². The zero-order valence-electron chi connectivity index (χ0n) is 24.0. The van der Waals surface area contributed by atoms with Crippen LogP contribution in [0.15, 0.2) is 24.8 Å². The molecule has 0 aliphatic heterocycles. The lowest BCUT2D eigenvalue weighted by Gasteiger charge is -2.73. The number of rotatable bonds is 4. The smallest absolute Gasteiger partial charge is 0.309 e. The summed E-state index contributed by atoms with van der Waals surface area (Å²) in [5, 5.41) is 22.3. The van der Waals surface area contributed by atoms with Crippen LogP contribution in [0.25, 0.3) is 0 Å². The quantitative estimate of drug-likeness (QED) is 0.387. The first-order chi connectivity index (χ1) is 16.6. The van der Waals surface area contributed by atoms with Crippen LogP contribution in [0.3, 0.4) is 0 Å². The lowest BCUT2D eigenvalue weighted by molar-refractivity contribution is -0.264. The minimum absolute atomic E-state index is 0.144. The second-order valence-electron chi connectivity index (χ2n) is 15.4. The van der Waals surface area contributed by atoms with Crippen LogP contribution < -0.4 is 0 Å². The van der Waals surface area contributed by atoms with E-state index in [0.29, 0.717) is 30.1 Å². The van der Waals surface area contributed by atoms with Gasteiger partial charge in [-0.15, -0.1) is 6.58 Å². The van der Waals surface area contributed by atoms with Gasteiger partial charge in [0.1, 0.15) is 0 Å². The van der Waals surface area contributed by atoms with Crippen LogP contribution in [0.1, 0.15) is 112 Å². The van der Waals surface area contributed by atoms with Gasteiger partial charge in [0.15, 0.2) is 0 Å². The maximum atomic E-state index is 12.8. The lowest BCUT2D eigenvalue weighted by atomic mass is 9.31. The molecule has 0 aromatic heterocycles. The highest BCUT2D eigenvalue weighted by Gasteiger charge is 2.72. The van der Waals surface area contributed by atoms with Crippen LogP contribution in [0.4, 0.5) is 0 Å². The molecule has 10 atom stereocenters. The number of allylic oxidation sites excluding steroid dienone is 1. The average Bonchev–Trinajstić information content (AvgIpc) is 3.19. The van der Waals surface area contributed by atoms with E-state index in [4.69, 9.17) is 0 Å². The molecule has 0 heterocycles. The van der Waals surface area contributed by atoms with Gasteiger partial charge >= 0.3 is 5.97 Å². The molecule has 0 aromatic carbocycles. The van der Waals surface area contributed by atoms with Gasteiger partial charge in [-0.1, -0.05) is 52.8 Å². The summed E-state index contributed by atoms with van der Waals surface area (Å²) in [6.07, 6.45) is 12.9. The highest BCUT2D eigenvalue weighted by Crippen LogP contribution is 2.78. The summed E-state index contributed by atoms with van der Waals surface area (Å²) >= 11 is 0. The van der Waals surface area contributed by atoms with E-state index in [1.165, 1.54) is 18.4 Å². The number of carboxylic acids is 1. The number of carbonyl (C=O) groups is 1. The molecular weight excluding hydrogens is 444 g/mol. The summed E-state index contributed by atoms with van der Waals surface area (Å²) in [6.45, 7) is 22.9. The number of aliphatic carboxylic acids is 1. The molecule has 36 heavy (non-hydrogen) atoms. The predicted octanol–water partition coefficient (Wildman–Crippen LogP) is 8.04. The van der Waals surface area contributed by atoms with Gasteiger partial charge in [0.25, 0.3) is 0 Å². The summed E-state index contributed by atoms with van der Waals surface area (Å²) in [7, 11) is 0. The molecule has 0 saturated heterocycles. The molecule has 0 spiro atoms. The van der Waals surface area contributed by atoms with Crippen molar-refractivity contribution >= 4 is 5.97 Å². The van der Waals surface area contributed by atoms with Crippen molar-refractivity contribution in [3.05, 3.63) is 24.8 Å². The van der Waals surface area contributed by atoms with E-state index >= 15 is 0 Å². The van der Waals surface area contributed by atoms with Crippen molar-refractivity contribution in [2.45, 2.75) is 118 Å². The molecule has 5 fully saturated rings. The standard InChI is InChI=1S/C33H52O3/c1-9-14-33(36)20-17-29(6)24(28(33,4)5)13-15-31(8)25(29)11-10-23-26-22(21(2)3)12-16-32(26,27(34)35)19-18-30(23,31)7/h9,22-26,36H,1-2,10-20H2,3-8H3,(H,34,35)/t22-,23+,24-,25+,26+,29-,30+,31+,32-,33?/m0/s1. The van der Waals surface area contributed by atoms with E-state index in [1.54, 1.807) is 0 Å². The van der Waals surface area contributed by atoms with Crippen molar-refractivity contribution in [1.29, 1.82) is 0 Å². The lowest BCUT2D eigenvalue weighted by Crippen LogP contribution is -2.68. The summed E-state index contributed by atoms with van der Waals surface area (Å²) in [5.41, 5.74) is 0.413. The minimum Gasteiger partial charge on any atom is -0.481 e. The molecule has 202 valence electrons. The molecule has 5 saturated carbocycles. The monoisotopic (exact) mass is 496 g/mol. The van der Waals surface area contributed by atoms with Crippen molar-refractivity contribution in [2.75, 3.05) is 0 Å². The SMILES string of the molecule is C=CCC1(O)CC[C@]2(C)[C@H]3CC[C@@H]4[C@H]5[C@H](C(=C)C)CC[C@]5(C(=O)O)CC[C@@]4(C)[C@]3(C)CC[C@H]2C1(C)C. The zero-order valence-corrected chi connectivity index (χ0v) is 24.0. The maximum Gasteiger partial charge on any atom is 0.309 e. The first-order valence-corrected chi connectivity index (χ1v) is 14.9. The number of hydrogen-bond acceptors (Lipinski definition) is 2. The Kier molecular flexibility index (Phi) is 5.87. The molecule has 5 rings (SSSR count). The average molecular weight is 497 g/mol. The molecule has 1 unspecified atom stereocenters. The van der Waals surface area contributed by atoms with Crippen LogP contribution >= 0.6 is 0 Å². The normalized spacial score (nSPS) is 53.4. The van der Waals surface area contributed by atoms with Gasteiger partial charge in [0.2, 0.25) is 0 Å². The number of hydrogen-bond donors (Lipinski definition) is 2. The third-order valence-corrected chi connectivity index (χ3v) is 14.4. The van der Waals surface area contributed by atoms with Gasteiger partial charge in [-0.05, 0) is 129 Å². The minimum atomic E-state index is -0.668. The Labute approximate surface area is 220 Å². The van der Waals surface area contributed by atoms with E-state index in [-0.39, 0.29) is 27.6 Å². The predicted molar refractivity (Wildman–Crippen MR) is 146 cm³/mol. The van der Waals surface area contributed by atoms with Gasteiger partial charge < -0.3 is 10.2 Å². The Balaban J connectivity index is 1.55. The Morgan fingerprint density at radius 3 is 2.19 bits per heavy atom. The zero-order chi connectivity index (χ0) is 26.5. The Hall–Kier alpha value is -1.09. The van der Waals surface area contributed by atoms with Crippen molar-refractivity contribution in [3.63, 3.8) is 0 Å². The summed E-state index contributed by atoms with van der Waals surface area (Å²) in [4.78, 5) is 12.8. The molecule has 2 N–H and O–H groups in total. The summed E-state index contributed by atoms with van der Waals surface area (Å²) in [5.74, 6) is 1.62. The van der Waals surface area contributed by atoms with E-state index in [0.717, 1.165) is 51.4 Å². The first-order valence-electron chi connectivity index (χ1n) is 14.9. The van der Waals surface area contributed by atoms with Crippen molar-refractivity contribution in [2.24, 2.45) is 56.7 Å².